The molecule has 2 heterocycles. The van der Waals surface area contributed by atoms with Gasteiger partial charge in [-0.3, -0.25) is 9.79 Å². The molecule has 198 valence electrons. The van der Waals surface area contributed by atoms with E-state index in [-0.39, 0.29) is 17.2 Å². The van der Waals surface area contributed by atoms with Gasteiger partial charge in [0.05, 0.1) is 28.0 Å². The second kappa shape index (κ2) is 10.8. The number of benzene rings is 3. The first-order chi connectivity index (χ1) is 18.7. The van der Waals surface area contributed by atoms with E-state index in [0.717, 1.165) is 37.1 Å². The van der Waals surface area contributed by atoms with Gasteiger partial charge in [-0.05, 0) is 79.9 Å². The Morgan fingerprint density at radius 3 is 2.44 bits per heavy atom. The van der Waals surface area contributed by atoms with Crippen LogP contribution in [0, 0.1) is 12.7 Å². The minimum Gasteiger partial charge on any atom is -0.352 e. The highest BCUT2D eigenvalue weighted by molar-refractivity contribution is 5.98. The van der Waals surface area contributed by atoms with E-state index >= 15 is 0 Å². The van der Waals surface area contributed by atoms with Crippen LogP contribution in [0.3, 0.4) is 0 Å². The van der Waals surface area contributed by atoms with E-state index < -0.39 is 17.6 Å². The van der Waals surface area contributed by atoms with Gasteiger partial charge in [0, 0.05) is 41.6 Å². The summed E-state index contributed by atoms with van der Waals surface area (Å²) >= 11 is 0. The van der Waals surface area contributed by atoms with Crippen molar-refractivity contribution in [2.24, 2.45) is 4.99 Å². The van der Waals surface area contributed by atoms with Crippen molar-refractivity contribution in [3.8, 4) is 22.5 Å². The van der Waals surface area contributed by atoms with E-state index in [9.17, 15) is 22.4 Å². The van der Waals surface area contributed by atoms with Crippen molar-refractivity contribution < 1.29 is 22.4 Å². The standard InChI is InChI=1S/C30H24F4N4O/c1-18-6-10-21(30(32,33)34)17-24(18)28-27(19-7-11-22(31)12-8-19)37-25-13-9-20(16-26(25)38-28)29(39)36-15-3-5-23-4-2-14-35-23/h2,6-14,16-17H,3-5,15H2,1H3,(H,36,39). The molecule has 0 fully saturated rings. The SMILES string of the molecule is Cc1ccc(C(F)(F)F)cc1-c1nc2cc(C(=O)NCCCC3=NC=CC3)ccc2nc1-c1ccc(F)cc1. The Kier molecular flexibility index (Phi) is 7.24. The van der Waals surface area contributed by atoms with Gasteiger partial charge in [0.2, 0.25) is 0 Å². The number of aliphatic imine (C=N–C) groups is 1. The van der Waals surface area contributed by atoms with Crippen molar-refractivity contribution in [2.75, 3.05) is 6.54 Å². The van der Waals surface area contributed by atoms with E-state index in [2.05, 4.69) is 15.3 Å². The Labute approximate surface area is 222 Å². The normalized spacial score (nSPS) is 13.1. The summed E-state index contributed by atoms with van der Waals surface area (Å²) in [5.74, 6) is -0.738. The summed E-state index contributed by atoms with van der Waals surface area (Å²) in [5, 5.41) is 2.89. The maximum absolute atomic E-state index is 13.6. The first-order valence-electron chi connectivity index (χ1n) is 12.4. The molecule has 0 saturated heterocycles. The molecule has 1 aliphatic heterocycles. The summed E-state index contributed by atoms with van der Waals surface area (Å²) in [6.45, 7) is 2.16. The topological polar surface area (TPSA) is 67.2 Å². The molecule has 39 heavy (non-hydrogen) atoms. The Hall–Kier alpha value is -4.40. The number of carbonyl (C=O) groups excluding carboxylic acids is 1. The zero-order valence-corrected chi connectivity index (χ0v) is 21.0. The molecule has 0 bridgehead atoms. The second-order valence-electron chi connectivity index (χ2n) is 9.30. The quantitative estimate of drug-likeness (QED) is 0.201. The molecule has 9 heteroatoms. The molecule has 1 N–H and O–H groups in total. The number of rotatable bonds is 7. The minimum absolute atomic E-state index is 0.209. The Morgan fingerprint density at radius 1 is 0.949 bits per heavy atom. The summed E-state index contributed by atoms with van der Waals surface area (Å²) in [6, 6.07) is 13.8. The molecule has 0 atom stereocenters. The molecule has 5 rings (SSSR count). The van der Waals surface area contributed by atoms with Gasteiger partial charge in [0.1, 0.15) is 5.82 Å². The number of allylic oxidation sites excluding steroid dienone is 1. The van der Waals surface area contributed by atoms with Crippen LogP contribution in [0.5, 0.6) is 0 Å². The molecule has 0 radical (unpaired) electrons. The largest absolute Gasteiger partial charge is 0.416 e. The molecular weight excluding hydrogens is 508 g/mol. The Balaban J connectivity index is 1.52. The molecule has 0 aliphatic carbocycles. The second-order valence-corrected chi connectivity index (χ2v) is 9.30. The number of nitrogens with one attached hydrogen (secondary N) is 1. The summed E-state index contributed by atoms with van der Waals surface area (Å²) in [7, 11) is 0. The highest BCUT2D eigenvalue weighted by Gasteiger charge is 2.31. The summed E-state index contributed by atoms with van der Waals surface area (Å²) < 4.78 is 54.3. The third kappa shape index (κ3) is 5.87. The predicted molar refractivity (Wildman–Crippen MR) is 143 cm³/mol. The number of halogens is 4. The lowest BCUT2D eigenvalue weighted by molar-refractivity contribution is -0.137. The smallest absolute Gasteiger partial charge is 0.352 e. The Bertz CT molecular complexity index is 1610. The van der Waals surface area contributed by atoms with Gasteiger partial charge in [-0.2, -0.15) is 13.2 Å². The van der Waals surface area contributed by atoms with Crippen LogP contribution in [0.1, 0.15) is 40.7 Å². The van der Waals surface area contributed by atoms with Crippen LogP contribution in [-0.4, -0.2) is 28.1 Å². The monoisotopic (exact) mass is 532 g/mol. The van der Waals surface area contributed by atoms with Crippen LogP contribution in [0.4, 0.5) is 17.6 Å². The lowest BCUT2D eigenvalue weighted by atomic mass is 9.97. The number of alkyl halides is 3. The van der Waals surface area contributed by atoms with Crippen LogP contribution in [0.2, 0.25) is 0 Å². The minimum atomic E-state index is -4.55. The van der Waals surface area contributed by atoms with Crippen LogP contribution in [-0.2, 0) is 6.18 Å². The average molecular weight is 533 g/mol. The number of aryl methyl sites for hydroxylation is 1. The van der Waals surface area contributed by atoms with Gasteiger partial charge in [-0.1, -0.05) is 12.1 Å². The van der Waals surface area contributed by atoms with Crippen LogP contribution < -0.4 is 5.32 Å². The van der Waals surface area contributed by atoms with Gasteiger partial charge in [0.25, 0.3) is 5.91 Å². The molecular formula is C30H24F4N4O. The maximum Gasteiger partial charge on any atom is 0.416 e. The number of hydrogen-bond donors (Lipinski definition) is 1. The number of hydrogen-bond acceptors (Lipinski definition) is 4. The van der Waals surface area contributed by atoms with Gasteiger partial charge in [0.15, 0.2) is 0 Å². The Morgan fingerprint density at radius 2 is 1.72 bits per heavy atom. The van der Waals surface area contributed by atoms with Gasteiger partial charge < -0.3 is 5.32 Å². The van der Waals surface area contributed by atoms with Crippen molar-refractivity contribution in [1.82, 2.24) is 15.3 Å². The van der Waals surface area contributed by atoms with Crippen LogP contribution in [0.25, 0.3) is 33.5 Å². The highest BCUT2D eigenvalue weighted by atomic mass is 19.4. The maximum atomic E-state index is 13.6. The fraction of sp³-hybridized carbons (Fsp3) is 0.200. The average Bonchev–Trinajstić information content (AvgIpc) is 3.44. The summed E-state index contributed by atoms with van der Waals surface area (Å²) in [6.07, 6.45) is 1.60. The summed E-state index contributed by atoms with van der Waals surface area (Å²) in [5.41, 5.74) is 3.26. The third-order valence-electron chi connectivity index (χ3n) is 6.51. The molecule has 4 aromatic rings. The lowest BCUT2D eigenvalue weighted by Crippen LogP contribution is -2.24. The molecule has 1 aromatic heterocycles. The van der Waals surface area contributed by atoms with Crippen molar-refractivity contribution in [2.45, 2.75) is 32.4 Å². The van der Waals surface area contributed by atoms with E-state index in [1.54, 1.807) is 31.3 Å². The lowest BCUT2D eigenvalue weighted by Gasteiger charge is -2.15. The van der Waals surface area contributed by atoms with Crippen LogP contribution in [0.15, 0.2) is 77.9 Å². The van der Waals surface area contributed by atoms with E-state index in [1.165, 1.54) is 30.3 Å². The number of carbonyl (C=O) groups is 1. The van der Waals surface area contributed by atoms with E-state index in [4.69, 9.17) is 4.98 Å². The number of fused-ring (bicyclic) bond motifs is 1. The predicted octanol–water partition coefficient (Wildman–Crippen LogP) is 7.30. The molecule has 1 amide bonds. The molecule has 3 aromatic carbocycles. The fourth-order valence-corrected chi connectivity index (χ4v) is 4.41. The van der Waals surface area contributed by atoms with E-state index in [1.807, 2.05) is 6.08 Å². The highest BCUT2D eigenvalue weighted by Crippen LogP contribution is 2.37. The molecule has 5 nitrogen and oxygen atoms in total. The van der Waals surface area contributed by atoms with Crippen LogP contribution >= 0.6 is 0 Å². The van der Waals surface area contributed by atoms with Crippen molar-refractivity contribution in [1.29, 1.82) is 0 Å². The third-order valence-corrected chi connectivity index (χ3v) is 6.51. The number of aromatic nitrogens is 2. The van der Waals surface area contributed by atoms with Gasteiger partial charge in [-0.25, -0.2) is 14.4 Å². The van der Waals surface area contributed by atoms with E-state index in [0.29, 0.717) is 40.0 Å². The first-order valence-corrected chi connectivity index (χ1v) is 12.4. The van der Waals surface area contributed by atoms with Crippen molar-refractivity contribution in [3.05, 3.63) is 95.4 Å². The zero-order valence-electron chi connectivity index (χ0n) is 21.0. The summed E-state index contributed by atoms with van der Waals surface area (Å²) in [4.78, 5) is 26.5. The molecule has 0 spiro atoms. The zero-order chi connectivity index (χ0) is 27.6. The number of nitrogens with zero attached hydrogens (tertiary/aromatic N) is 3. The molecule has 0 unspecified atom stereocenters. The van der Waals surface area contributed by atoms with Crippen molar-refractivity contribution >= 4 is 22.7 Å². The first kappa shape index (κ1) is 26.2. The van der Waals surface area contributed by atoms with Crippen molar-refractivity contribution in [3.63, 3.8) is 0 Å². The van der Waals surface area contributed by atoms with Gasteiger partial charge in [-0.15, -0.1) is 0 Å². The number of amides is 1. The van der Waals surface area contributed by atoms with Gasteiger partial charge >= 0.3 is 6.18 Å². The molecule has 1 aliphatic rings. The molecule has 0 saturated carbocycles. The fourth-order valence-electron chi connectivity index (χ4n) is 4.41.